The van der Waals surface area contributed by atoms with E-state index < -0.39 is 0 Å². The molecule has 0 fully saturated rings. The highest BCUT2D eigenvalue weighted by Crippen LogP contribution is 2.25. The summed E-state index contributed by atoms with van der Waals surface area (Å²) in [7, 11) is 0. The summed E-state index contributed by atoms with van der Waals surface area (Å²) in [6.45, 7) is 8.79. The van der Waals surface area contributed by atoms with Gasteiger partial charge in [0.2, 0.25) is 0 Å². The van der Waals surface area contributed by atoms with Crippen LogP contribution in [-0.2, 0) is 12.0 Å². The van der Waals surface area contributed by atoms with Crippen LogP contribution in [0.25, 0.3) is 0 Å². The van der Waals surface area contributed by atoms with E-state index in [1.807, 2.05) is 24.3 Å². The van der Waals surface area contributed by atoms with E-state index in [1.54, 1.807) is 6.26 Å². The predicted octanol–water partition coefficient (Wildman–Crippen LogP) is 3.75. The van der Waals surface area contributed by atoms with Crippen LogP contribution in [-0.4, -0.2) is 13.2 Å². The Kier molecular flexibility index (Phi) is 4.85. The molecule has 0 aliphatic carbocycles. The van der Waals surface area contributed by atoms with Crippen molar-refractivity contribution in [2.45, 2.75) is 32.7 Å². The van der Waals surface area contributed by atoms with Crippen LogP contribution in [0.3, 0.4) is 0 Å². The number of rotatable bonds is 6. The summed E-state index contributed by atoms with van der Waals surface area (Å²) in [6.07, 6.45) is 1.69. The van der Waals surface area contributed by atoms with Crippen LogP contribution in [0.4, 0.5) is 0 Å². The lowest BCUT2D eigenvalue weighted by atomic mass is 9.87. The van der Waals surface area contributed by atoms with E-state index in [2.05, 4.69) is 38.2 Å². The zero-order chi connectivity index (χ0) is 14.4. The van der Waals surface area contributed by atoms with Crippen molar-refractivity contribution in [3.8, 4) is 5.75 Å². The Balaban J connectivity index is 1.74. The quantitative estimate of drug-likeness (QED) is 0.814. The topological polar surface area (TPSA) is 34.4 Å². The Bertz CT molecular complexity index is 512. The Labute approximate surface area is 121 Å². The third kappa shape index (κ3) is 4.42. The van der Waals surface area contributed by atoms with Gasteiger partial charge in [-0.2, -0.15) is 0 Å². The summed E-state index contributed by atoms with van der Waals surface area (Å²) >= 11 is 0. The molecule has 3 nitrogen and oxygen atoms in total. The summed E-state index contributed by atoms with van der Waals surface area (Å²) < 4.78 is 11.0. The van der Waals surface area contributed by atoms with Gasteiger partial charge < -0.3 is 14.5 Å². The second-order valence-electron chi connectivity index (χ2n) is 5.88. The molecule has 2 aromatic rings. The maximum Gasteiger partial charge on any atom is 0.119 e. The van der Waals surface area contributed by atoms with E-state index in [0.29, 0.717) is 6.61 Å². The van der Waals surface area contributed by atoms with E-state index in [1.165, 1.54) is 5.56 Å². The van der Waals surface area contributed by atoms with Gasteiger partial charge in [0.15, 0.2) is 0 Å². The van der Waals surface area contributed by atoms with Crippen molar-refractivity contribution in [1.29, 1.82) is 0 Å². The molecule has 0 aliphatic heterocycles. The lowest BCUT2D eigenvalue weighted by Crippen LogP contribution is -2.20. The van der Waals surface area contributed by atoms with Gasteiger partial charge in [-0.15, -0.1) is 0 Å². The normalized spacial score (nSPS) is 11.6. The molecule has 0 spiro atoms. The first-order chi connectivity index (χ1) is 9.55. The summed E-state index contributed by atoms with van der Waals surface area (Å²) in [5, 5.41) is 3.28. The van der Waals surface area contributed by atoms with Gasteiger partial charge in [0.25, 0.3) is 0 Å². The molecular formula is C17H23NO2. The SMILES string of the molecule is CC(C)(C)c1cccc(OCCNCc2ccco2)c1. The van der Waals surface area contributed by atoms with E-state index >= 15 is 0 Å². The maximum absolute atomic E-state index is 5.77. The summed E-state index contributed by atoms with van der Waals surface area (Å²) in [5.74, 6) is 1.87. The van der Waals surface area contributed by atoms with Gasteiger partial charge in [-0.05, 0) is 35.2 Å². The van der Waals surface area contributed by atoms with Crippen LogP contribution in [0, 0.1) is 0 Å². The number of furan rings is 1. The van der Waals surface area contributed by atoms with Crippen molar-refractivity contribution < 1.29 is 9.15 Å². The van der Waals surface area contributed by atoms with E-state index in [4.69, 9.17) is 9.15 Å². The highest BCUT2D eigenvalue weighted by molar-refractivity contribution is 5.32. The van der Waals surface area contributed by atoms with Crippen LogP contribution in [0.2, 0.25) is 0 Å². The lowest BCUT2D eigenvalue weighted by molar-refractivity contribution is 0.310. The molecule has 0 amide bonds. The lowest BCUT2D eigenvalue weighted by Gasteiger charge is -2.19. The summed E-state index contributed by atoms with van der Waals surface area (Å²) in [6, 6.07) is 12.2. The molecule has 1 aromatic heterocycles. The molecule has 2 rings (SSSR count). The van der Waals surface area contributed by atoms with Gasteiger partial charge in [0, 0.05) is 6.54 Å². The minimum absolute atomic E-state index is 0.150. The average molecular weight is 273 g/mol. The van der Waals surface area contributed by atoms with Crippen LogP contribution in [0.5, 0.6) is 5.75 Å². The van der Waals surface area contributed by atoms with Crippen molar-refractivity contribution in [1.82, 2.24) is 5.32 Å². The zero-order valence-electron chi connectivity index (χ0n) is 12.5. The monoisotopic (exact) mass is 273 g/mol. The summed E-state index contributed by atoms with van der Waals surface area (Å²) in [4.78, 5) is 0. The smallest absolute Gasteiger partial charge is 0.119 e. The first-order valence-electron chi connectivity index (χ1n) is 7.02. The van der Waals surface area contributed by atoms with E-state index in [-0.39, 0.29) is 5.41 Å². The summed E-state index contributed by atoms with van der Waals surface area (Å²) in [5.41, 5.74) is 1.44. The van der Waals surface area contributed by atoms with Gasteiger partial charge >= 0.3 is 0 Å². The first kappa shape index (κ1) is 14.7. The maximum atomic E-state index is 5.77. The molecule has 108 valence electrons. The molecule has 1 N–H and O–H groups in total. The van der Waals surface area contributed by atoms with E-state index in [0.717, 1.165) is 24.6 Å². The van der Waals surface area contributed by atoms with Gasteiger partial charge in [-0.3, -0.25) is 0 Å². The number of nitrogens with one attached hydrogen (secondary N) is 1. The number of benzene rings is 1. The molecule has 0 saturated heterocycles. The Morgan fingerprint density at radius 2 is 2.00 bits per heavy atom. The van der Waals surface area contributed by atoms with Crippen molar-refractivity contribution in [2.75, 3.05) is 13.2 Å². The van der Waals surface area contributed by atoms with Crippen LogP contribution in [0.1, 0.15) is 32.1 Å². The fourth-order valence-corrected chi connectivity index (χ4v) is 1.92. The average Bonchev–Trinajstić information content (AvgIpc) is 2.91. The first-order valence-corrected chi connectivity index (χ1v) is 7.02. The largest absolute Gasteiger partial charge is 0.492 e. The second-order valence-corrected chi connectivity index (χ2v) is 5.88. The number of hydrogen-bond donors (Lipinski definition) is 1. The van der Waals surface area contributed by atoms with Crippen molar-refractivity contribution >= 4 is 0 Å². The third-order valence-electron chi connectivity index (χ3n) is 3.13. The fraction of sp³-hybridized carbons (Fsp3) is 0.412. The van der Waals surface area contributed by atoms with Crippen LogP contribution in [0.15, 0.2) is 47.1 Å². The molecule has 20 heavy (non-hydrogen) atoms. The fourth-order valence-electron chi connectivity index (χ4n) is 1.92. The predicted molar refractivity (Wildman–Crippen MR) is 81.1 cm³/mol. The molecule has 0 bridgehead atoms. The Hall–Kier alpha value is -1.74. The van der Waals surface area contributed by atoms with Gasteiger partial charge in [-0.25, -0.2) is 0 Å². The van der Waals surface area contributed by atoms with Crippen LogP contribution < -0.4 is 10.1 Å². The number of ether oxygens (including phenoxy) is 1. The van der Waals surface area contributed by atoms with Gasteiger partial charge in [0.05, 0.1) is 12.8 Å². The molecule has 0 aliphatic rings. The number of hydrogen-bond acceptors (Lipinski definition) is 3. The molecule has 0 radical (unpaired) electrons. The van der Waals surface area contributed by atoms with Crippen molar-refractivity contribution in [2.24, 2.45) is 0 Å². The molecule has 0 atom stereocenters. The van der Waals surface area contributed by atoms with Gasteiger partial charge in [-0.1, -0.05) is 32.9 Å². The van der Waals surface area contributed by atoms with E-state index in [9.17, 15) is 0 Å². The molecule has 0 unspecified atom stereocenters. The second kappa shape index (κ2) is 6.62. The molecular weight excluding hydrogens is 250 g/mol. The van der Waals surface area contributed by atoms with Crippen molar-refractivity contribution in [3.63, 3.8) is 0 Å². The highest BCUT2D eigenvalue weighted by atomic mass is 16.5. The zero-order valence-corrected chi connectivity index (χ0v) is 12.5. The minimum Gasteiger partial charge on any atom is -0.492 e. The molecule has 1 heterocycles. The minimum atomic E-state index is 0.150. The highest BCUT2D eigenvalue weighted by Gasteiger charge is 2.13. The molecule has 1 aromatic carbocycles. The van der Waals surface area contributed by atoms with Crippen molar-refractivity contribution in [3.05, 3.63) is 54.0 Å². The standard InChI is InChI=1S/C17H23NO2/c1-17(2,3)14-6-4-7-15(12-14)20-11-9-18-13-16-8-5-10-19-16/h4-8,10,12,18H,9,11,13H2,1-3H3. The van der Waals surface area contributed by atoms with Crippen LogP contribution >= 0.6 is 0 Å². The Morgan fingerprint density at radius 3 is 2.70 bits per heavy atom. The Morgan fingerprint density at radius 1 is 1.15 bits per heavy atom. The molecule has 3 heteroatoms. The third-order valence-corrected chi connectivity index (χ3v) is 3.13. The molecule has 0 saturated carbocycles. The van der Waals surface area contributed by atoms with Gasteiger partial charge in [0.1, 0.15) is 18.1 Å².